The molecule has 1 saturated heterocycles. The minimum absolute atomic E-state index is 0.541. The molecular formula is C6H11O8P. The van der Waals surface area contributed by atoms with Gasteiger partial charge in [-0.05, 0) is 4.57 Å². The number of aliphatic hydroxyl groups is 4. The summed E-state index contributed by atoms with van der Waals surface area (Å²) in [6, 6.07) is 0. The summed E-state index contributed by atoms with van der Waals surface area (Å²) < 4.78 is 18.9. The first-order chi connectivity index (χ1) is 6.93. The van der Waals surface area contributed by atoms with E-state index >= 15 is 0 Å². The molecule has 9 heteroatoms. The van der Waals surface area contributed by atoms with E-state index in [0.717, 1.165) is 0 Å². The van der Waals surface area contributed by atoms with Crippen LogP contribution in [0, 0.1) is 0 Å². The van der Waals surface area contributed by atoms with Crippen LogP contribution in [-0.2, 0) is 13.8 Å². The van der Waals surface area contributed by atoms with E-state index in [0.29, 0.717) is 0 Å². The van der Waals surface area contributed by atoms with Crippen molar-refractivity contribution in [1.82, 2.24) is 0 Å². The molecule has 1 fully saturated rings. The quantitative estimate of drug-likeness (QED) is 0.380. The predicted molar refractivity (Wildman–Crippen MR) is 42.5 cm³/mol. The molecule has 0 aliphatic carbocycles. The smallest absolute Gasteiger partial charge is 0.488 e. The van der Waals surface area contributed by atoms with Gasteiger partial charge < -0.3 is 30.1 Å². The molecule has 8 nitrogen and oxygen atoms in total. The Bertz CT molecular complexity index is 235. The Hall–Kier alpha value is -0.180. The van der Waals surface area contributed by atoms with Gasteiger partial charge in [0, 0.05) is 0 Å². The summed E-state index contributed by atoms with van der Waals surface area (Å²) in [6.07, 6.45) is -7.70. The molecule has 1 heterocycles. The summed E-state index contributed by atoms with van der Waals surface area (Å²) in [5, 5.41) is 36.6. The molecule has 88 valence electrons. The van der Waals surface area contributed by atoms with Gasteiger partial charge in [0.1, 0.15) is 31.0 Å². The molecule has 6 atom stereocenters. The molecule has 0 aromatic rings. The second-order valence-corrected chi connectivity index (χ2v) is 3.76. The molecule has 0 saturated carbocycles. The maximum atomic E-state index is 10.1. The zero-order valence-corrected chi connectivity index (χ0v) is 8.36. The van der Waals surface area contributed by atoms with E-state index in [1.54, 1.807) is 0 Å². The third-order valence-corrected chi connectivity index (χ3v) is 2.39. The molecule has 1 rings (SSSR count). The van der Waals surface area contributed by atoms with Crippen LogP contribution in [0.5, 0.6) is 0 Å². The minimum Gasteiger partial charge on any atom is -0.566 e. The standard InChI is InChI=1S/C6H11O8P/c7-3-2(1-13-15(11)12)14-6(10)5(9)4(3)8/h2-10H,1H2/t2-,3+,4+,5-,6?/m1/s1. The molecule has 0 radical (unpaired) electrons. The lowest BCUT2D eigenvalue weighted by Crippen LogP contribution is -2.58. The Morgan fingerprint density at radius 3 is 2.33 bits per heavy atom. The number of hydrogen-bond donors (Lipinski definition) is 4. The van der Waals surface area contributed by atoms with Gasteiger partial charge in [-0.25, -0.2) is 0 Å². The van der Waals surface area contributed by atoms with Crippen molar-refractivity contribution in [1.29, 1.82) is 0 Å². The highest BCUT2D eigenvalue weighted by Gasteiger charge is 2.43. The monoisotopic (exact) mass is 242 g/mol. The van der Waals surface area contributed by atoms with Crippen LogP contribution in [0.4, 0.5) is 0 Å². The number of rotatable bonds is 3. The first-order valence-electron chi connectivity index (χ1n) is 4.08. The van der Waals surface area contributed by atoms with Crippen LogP contribution in [0.2, 0.25) is 0 Å². The predicted octanol–water partition coefficient (Wildman–Crippen LogP) is -3.18. The van der Waals surface area contributed by atoms with E-state index in [-0.39, 0.29) is 0 Å². The van der Waals surface area contributed by atoms with Gasteiger partial charge in [0.2, 0.25) is 0 Å². The van der Waals surface area contributed by atoms with Crippen molar-refractivity contribution < 1.29 is 39.1 Å². The van der Waals surface area contributed by atoms with Gasteiger partial charge in [-0.3, -0.25) is 0 Å². The molecule has 2 unspecified atom stereocenters. The highest BCUT2D eigenvalue weighted by molar-refractivity contribution is 7.30. The van der Waals surface area contributed by atoms with Crippen LogP contribution in [0.15, 0.2) is 0 Å². The van der Waals surface area contributed by atoms with Crippen LogP contribution in [-0.4, -0.2) is 57.7 Å². The molecule has 0 bridgehead atoms. The maximum absolute atomic E-state index is 10.1. The third-order valence-electron chi connectivity index (χ3n) is 2.03. The Kier molecular flexibility index (Phi) is 4.50. The lowest BCUT2D eigenvalue weighted by molar-refractivity contribution is -0.287. The molecule has 15 heavy (non-hydrogen) atoms. The average molecular weight is 242 g/mol. The topological polar surface area (TPSA) is 140 Å². The summed E-state index contributed by atoms with van der Waals surface area (Å²) in [6.45, 7) is -0.541. The zero-order valence-electron chi connectivity index (χ0n) is 7.46. The normalized spacial score (nSPS) is 42.7. The van der Waals surface area contributed by atoms with Gasteiger partial charge in [0.25, 0.3) is 0 Å². The molecule has 0 aromatic heterocycles. The molecule has 4 N–H and O–H groups in total. The Morgan fingerprint density at radius 1 is 1.20 bits per heavy atom. The van der Waals surface area contributed by atoms with E-state index < -0.39 is 45.6 Å². The molecular weight excluding hydrogens is 231 g/mol. The highest BCUT2D eigenvalue weighted by atomic mass is 31.1. The van der Waals surface area contributed by atoms with Crippen molar-refractivity contribution in [2.45, 2.75) is 30.7 Å². The van der Waals surface area contributed by atoms with E-state index in [1.165, 1.54) is 0 Å². The second kappa shape index (κ2) is 5.24. The van der Waals surface area contributed by atoms with Gasteiger partial charge in [-0.15, -0.1) is 4.52 Å². The van der Waals surface area contributed by atoms with Crippen molar-refractivity contribution in [2.24, 2.45) is 0 Å². The van der Waals surface area contributed by atoms with E-state index in [4.69, 9.17) is 10.2 Å². The van der Waals surface area contributed by atoms with Crippen LogP contribution >= 0.6 is 8.25 Å². The Morgan fingerprint density at radius 2 is 1.80 bits per heavy atom. The SMILES string of the molecule is O=[P+]([O-])OC[C@H]1OC(O)[C@H](O)[C@@H](O)[C@H]1O. The van der Waals surface area contributed by atoms with Gasteiger partial charge in [-0.2, -0.15) is 0 Å². The first-order valence-corrected chi connectivity index (χ1v) is 5.18. The fourth-order valence-corrected chi connectivity index (χ4v) is 1.47. The lowest BCUT2D eigenvalue weighted by atomic mass is 10.00. The lowest BCUT2D eigenvalue weighted by Gasteiger charge is -2.37. The van der Waals surface area contributed by atoms with Gasteiger partial charge in [-0.1, -0.05) is 0 Å². The van der Waals surface area contributed by atoms with Gasteiger partial charge in [0.05, 0.1) is 0 Å². The van der Waals surface area contributed by atoms with Crippen molar-refractivity contribution >= 4 is 8.25 Å². The summed E-state index contributed by atoms with van der Waals surface area (Å²) in [5.41, 5.74) is 0. The third kappa shape index (κ3) is 3.13. The van der Waals surface area contributed by atoms with Gasteiger partial charge >= 0.3 is 8.25 Å². The molecule has 0 amide bonds. The van der Waals surface area contributed by atoms with Crippen LogP contribution in [0.25, 0.3) is 0 Å². The largest absolute Gasteiger partial charge is 0.566 e. The highest BCUT2D eigenvalue weighted by Crippen LogP contribution is 2.22. The second-order valence-electron chi connectivity index (χ2n) is 3.06. The van der Waals surface area contributed by atoms with Gasteiger partial charge in [0.15, 0.2) is 6.29 Å². The molecule has 0 spiro atoms. The average Bonchev–Trinajstić information content (AvgIpc) is 2.18. The van der Waals surface area contributed by atoms with Crippen LogP contribution in [0.3, 0.4) is 0 Å². The number of hydrogen-bond acceptors (Lipinski definition) is 8. The van der Waals surface area contributed by atoms with Crippen molar-refractivity contribution in [3.05, 3.63) is 0 Å². The number of ether oxygens (including phenoxy) is 1. The minimum atomic E-state index is -3.10. The molecule has 1 aliphatic heterocycles. The van der Waals surface area contributed by atoms with Crippen molar-refractivity contribution in [3.8, 4) is 0 Å². The fraction of sp³-hybridized carbons (Fsp3) is 1.00. The molecule has 0 aromatic carbocycles. The fourth-order valence-electron chi connectivity index (χ4n) is 1.20. The maximum Gasteiger partial charge on any atom is 0.488 e. The summed E-state index contributed by atoms with van der Waals surface area (Å²) in [4.78, 5) is 10.1. The molecule has 1 aliphatic rings. The zero-order chi connectivity index (χ0) is 11.6. The first kappa shape index (κ1) is 12.9. The Labute approximate surface area is 85.6 Å². The number of aliphatic hydroxyl groups excluding tert-OH is 4. The van der Waals surface area contributed by atoms with E-state index in [1.807, 2.05) is 0 Å². The summed E-state index contributed by atoms with van der Waals surface area (Å²) >= 11 is 0. The van der Waals surface area contributed by atoms with Crippen molar-refractivity contribution in [3.63, 3.8) is 0 Å². The summed E-state index contributed by atoms with van der Waals surface area (Å²) in [5.74, 6) is 0. The van der Waals surface area contributed by atoms with E-state index in [2.05, 4.69) is 9.26 Å². The Balaban J connectivity index is 2.54. The van der Waals surface area contributed by atoms with Crippen molar-refractivity contribution in [2.75, 3.05) is 6.61 Å². The van der Waals surface area contributed by atoms with E-state index in [9.17, 15) is 19.7 Å². The summed E-state index contributed by atoms with van der Waals surface area (Å²) in [7, 11) is -3.10. The van der Waals surface area contributed by atoms with Crippen LogP contribution < -0.4 is 4.89 Å². The van der Waals surface area contributed by atoms with Crippen LogP contribution in [0.1, 0.15) is 0 Å².